The van der Waals surface area contributed by atoms with Gasteiger partial charge in [-0.15, -0.1) is 0 Å². The summed E-state index contributed by atoms with van der Waals surface area (Å²) in [6, 6.07) is -1.02. The number of hydrogen-bond donors (Lipinski definition) is 12. The lowest BCUT2D eigenvalue weighted by molar-refractivity contribution is -0.379. The summed E-state index contributed by atoms with van der Waals surface area (Å²) in [5, 5.41) is 120. The Kier molecular flexibility index (Phi) is 34.4. The minimum absolute atomic E-state index is 0.186. The van der Waals surface area contributed by atoms with Crippen LogP contribution in [0.2, 0.25) is 0 Å². The van der Waals surface area contributed by atoms with Gasteiger partial charge in [0, 0.05) is 6.42 Å². The van der Waals surface area contributed by atoms with E-state index in [0.29, 0.717) is 12.8 Å². The van der Waals surface area contributed by atoms with Gasteiger partial charge in [0.05, 0.1) is 38.6 Å². The molecule has 1 amide bonds. The van der Waals surface area contributed by atoms with Crippen molar-refractivity contribution in [3.05, 3.63) is 97.2 Å². The molecule has 0 aliphatic carbocycles. The second-order valence-corrected chi connectivity index (χ2v) is 18.9. The number of aliphatic hydroxyl groups excluding tert-OH is 11. The summed E-state index contributed by atoms with van der Waals surface area (Å²) in [5.41, 5.74) is 0. The van der Waals surface area contributed by atoms with Crippen molar-refractivity contribution >= 4 is 5.91 Å². The molecule has 0 bridgehead atoms. The average molecular weight is 1070 g/mol. The van der Waals surface area contributed by atoms with Crippen LogP contribution in [0.25, 0.3) is 0 Å². The van der Waals surface area contributed by atoms with Crippen molar-refractivity contribution in [3.63, 3.8) is 0 Å². The zero-order valence-corrected chi connectivity index (χ0v) is 44.0. The van der Waals surface area contributed by atoms with E-state index < -0.39 is 131 Å². The Labute approximate surface area is 443 Å². The molecule has 3 saturated heterocycles. The standard InChI is InChI=1S/C56H91NO18/c1-3-5-7-9-11-13-15-16-17-18-19-20-21-22-24-26-28-30-32-34-44(62)57-39(40(61)33-31-29-27-25-23-14-12-10-8-6-4-2)38-70-54-50(68)47(65)52(42(36-59)72-54)75-56-51(69)48(66)53(43(37-60)73-56)74-55-49(67)46(64)45(63)41(35-58)71-55/h5,7-8,10-11,13,16-17,19-20,22-25,31,33,39-43,45-56,58-61,63-69H,3-4,6,9,12,14-15,18,21,26-30,32,34-38H2,1-2H3,(H,57,62)/b7-5-,10-8+,13-11-,17-16-,20-19-,24-22-,25-23+,33-31+. The molecule has 75 heavy (non-hydrogen) atoms. The predicted octanol–water partition coefficient (Wildman–Crippen LogP) is 3.03. The Morgan fingerprint density at radius 2 is 0.933 bits per heavy atom. The van der Waals surface area contributed by atoms with E-state index in [1.165, 1.54) is 0 Å². The molecule has 0 aromatic heterocycles. The molecule has 3 aliphatic heterocycles. The molecular weight excluding hydrogens is 975 g/mol. The van der Waals surface area contributed by atoms with Crippen LogP contribution in [0.15, 0.2) is 97.2 Å². The van der Waals surface area contributed by atoms with Gasteiger partial charge in [-0.05, 0) is 83.5 Å². The lowest BCUT2D eigenvalue weighted by Gasteiger charge is -2.48. The fourth-order valence-electron chi connectivity index (χ4n) is 8.37. The molecule has 3 rings (SSSR count). The quantitative estimate of drug-likeness (QED) is 0.0317. The maximum Gasteiger partial charge on any atom is 0.220 e. The predicted molar refractivity (Wildman–Crippen MR) is 281 cm³/mol. The van der Waals surface area contributed by atoms with Crippen molar-refractivity contribution < 1.29 is 89.4 Å². The summed E-state index contributed by atoms with van der Waals surface area (Å²) in [7, 11) is 0. The van der Waals surface area contributed by atoms with Crippen LogP contribution >= 0.6 is 0 Å². The van der Waals surface area contributed by atoms with E-state index in [1.54, 1.807) is 12.2 Å². The van der Waals surface area contributed by atoms with Crippen molar-refractivity contribution in [2.45, 2.75) is 221 Å². The number of allylic oxidation sites excluding steroid dienone is 15. The van der Waals surface area contributed by atoms with Crippen LogP contribution < -0.4 is 5.32 Å². The largest absolute Gasteiger partial charge is 0.394 e. The summed E-state index contributed by atoms with van der Waals surface area (Å²) < 4.78 is 34.1. The second kappa shape index (κ2) is 39.1. The molecule has 3 aliphatic rings. The van der Waals surface area contributed by atoms with Crippen molar-refractivity contribution in [3.8, 4) is 0 Å². The zero-order chi connectivity index (χ0) is 54.8. The smallest absolute Gasteiger partial charge is 0.220 e. The van der Waals surface area contributed by atoms with E-state index in [9.17, 15) is 61.0 Å². The SMILES string of the molecule is CC/C=C\C/C=C\C/C=C\C/C=C\C/C=C\CCCCCC(=O)NC(COC1OC(CO)C(OC2OC(CO)C(OC3OC(CO)C(O)C(O)C3O)C(O)C2O)C(O)C1O)C(O)/C=C/CC/C=C/CC/C=C/CCC. The Hall–Kier alpha value is -3.29. The first kappa shape index (κ1) is 66.0. The van der Waals surface area contributed by atoms with Crippen LogP contribution in [0.5, 0.6) is 0 Å². The van der Waals surface area contributed by atoms with Crippen LogP contribution in [0, 0.1) is 0 Å². The molecule has 0 aromatic rings. The normalized spacial score (nSPS) is 32.0. The van der Waals surface area contributed by atoms with Crippen LogP contribution in [-0.2, 0) is 33.2 Å². The molecule has 428 valence electrons. The number of rotatable bonds is 36. The number of carbonyl (C=O) groups excluding carboxylic acids is 1. The highest BCUT2D eigenvalue weighted by Gasteiger charge is 2.53. The molecule has 17 atom stereocenters. The van der Waals surface area contributed by atoms with E-state index in [2.05, 4.69) is 104 Å². The van der Waals surface area contributed by atoms with Crippen molar-refractivity contribution in [2.24, 2.45) is 0 Å². The fourth-order valence-corrected chi connectivity index (χ4v) is 8.37. The first-order chi connectivity index (χ1) is 36.3. The van der Waals surface area contributed by atoms with Crippen LogP contribution in [0.1, 0.15) is 117 Å². The first-order valence-electron chi connectivity index (χ1n) is 27.0. The van der Waals surface area contributed by atoms with Gasteiger partial charge < -0.3 is 89.9 Å². The van der Waals surface area contributed by atoms with Gasteiger partial charge in [0.15, 0.2) is 18.9 Å². The third-order valence-corrected chi connectivity index (χ3v) is 12.8. The summed E-state index contributed by atoms with van der Waals surface area (Å²) in [6.45, 7) is 1.42. The third-order valence-electron chi connectivity index (χ3n) is 12.8. The van der Waals surface area contributed by atoms with E-state index in [4.69, 9.17) is 28.4 Å². The van der Waals surface area contributed by atoms with Gasteiger partial charge in [0.1, 0.15) is 73.2 Å². The number of ether oxygens (including phenoxy) is 6. The highest BCUT2D eigenvalue weighted by Crippen LogP contribution is 2.33. The maximum absolute atomic E-state index is 13.2. The zero-order valence-electron chi connectivity index (χ0n) is 44.0. The fraction of sp³-hybridized carbons (Fsp3) is 0.696. The molecular formula is C56H91NO18. The monoisotopic (exact) mass is 1070 g/mol. The molecule has 19 heteroatoms. The number of hydrogen-bond acceptors (Lipinski definition) is 18. The lowest BCUT2D eigenvalue weighted by Crippen LogP contribution is -2.66. The van der Waals surface area contributed by atoms with Gasteiger partial charge in [-0.3, -0.25) is 4.79 Å². The number of amides is 1. The van der Waals surface area contributed by atoms with E-state index in [1.807, 2.05) is 0 Å². The highest BCUT2D eigenvalue weighted by molar-refractivity contribution is 5.76. The minimum atomic E-state index is -1.99. The molecule has 19 nitrogen and oxygen atoms in total. The topological polar surface area (TPSA) is 307 Å². The van der Waals surface area contributed by atoms with E-state index in [0.717, 1.165) is 83.5 Å². The Morgan fingerprint density at radius 3 is 1.45 bits per heavy atom. The summed E-state index contributed by atoms with van der Waals surface area (Å²) in [4.78, 5) is 13.2. The summed E-state index contributed by atoms with van der Waals surface area (Å²) >= 11 is 0. The van der Waals surface area contributed by atoms with Crippen LogP contribution in [0.4, 0.5) is 0 Å². The van der Waals surface area contributed by atoms with E-state index in [-0.39, 0.29) is 12.3 Å². The number of nitrogens with one attached hydrogen (secondary N) is 1. The van der Waals surface area contributed by atoms with Crippen molar-refractivity contribution in [2.75, 3.05) is 26.4 Å². The van der Waals surface area contributed by atoms with Crippen molar-refractivity contribution in [1.82, 2.24) is 5.32 Å². The number of unbranched alkanes of at least 4 members (excludes halogenated alkanes) is 6. The second-order valence-electron chi connectivity index (χ2n) is 18.9. The minimum Gasteiger partial charge on any atom is -0.394 e. The molecule has 3 heterocycles. The lowest BCUT2D eigenvalue weighted by atomic mass is 9.96. The van der Waals surface area contributed by atoms with Crippen LogP contribution in [0.3, 0.4) is 0 Å². The van der Waals surface area contributed by atoms with Gasteiger partial charge in [-0.1, -0.05) is 124 Å². The third kappa shape index (κ3) is 24.1. The maximum atomic E-state index is 13.2. The number of carbonyl (C=O) groups is 1. The van der Waals surface area contributed by atoms with Gasteiger partial charge in [0.25, 0.3) is 0 Å². The Bertz CT molecular complexity index is 1750. The number of aliphatic hydroxyl groups is 11. The summed E-state index contributed by atoms with van der Waals surface area (Å²) in [6.07, 6.45) is 19.8. The Balaban J connectivity index is 1.55. The van der Waals surface area contributed by atoms with Gasteiger partial charge in [-0.2, -0.15) is 0 Å². The van der Waals surface area contributed by atoms with Gasteiger partial charge in [0.2, 0.25) is 5.91 Å². The van der Waals surface area contributed by atoms with Crippen LogP contribution in [-0.4, -0.2) is 193 Å². The van der Waals surface area contributed by atoms with E-state index >= 15 is 0 Å². The van der Waals surface area contributed by atoms with Gasteiger partial charge >= 0.3 is 0 Å². The summed E-state index contributed by atoms with van der Waals surface area (Å²) in [5.74, 6) is -0.330. The van der Waals surface area contributed by atoms with Crippen molar-refractivity contribution in [1.29, 1.82) is 0 Å². The molecule has 0 spiro atoms. The molecule has 0 radical (unpaired) electrons. The first-order valence-corrected chi connectivity index (χ1v) is 27.0. The highest BCUT2D eigenvalue weighted by atomic mass is 16.8. The molecule has 0 saturated carbocycles. The average Bonchev–Trinajstić information content (AvgIpc) is 3.41. The Morgan fingerprint density at radius 1 is 0.493 bits per heavy atom. The molecule has 3 fully saturated rings. The molecule has 0 aromatic carbocycles. The molecule has 12 N–H and O–H groups in total. The van der Waals surface area contributed by atoms with Gasteiger partial charge in [-0.25, -0.2) is 0 Å². The molecule has 17 unspecified atom stereocenters.